The number of hydrogen-bond donors (Lipinski definition) is 0. The van der Waals surface area contributed by atoms with E-state index in [4.69, 9.17) is 0 Å². The Balaban J connectivity index is 1.85. The fourth-order valence-corrected chi connectivity index (χ4v) is 3.11. The minimum absolute atomic E-state index is 0.786. The van der Waals surface area contributed by atoms with Gasteiger partial charge in [0.15, 0.2) is 5.69 Å². The first-order valence-electron chi connectivity index (χ1n) is 9.79. The third kappa shape index (κ3) is 4.24. The highest BCUT2D eigenvalue weighted by Crippen LogP contribution is 2.17. The lowest BCUT2D eigenvalue weighted by atomic mass is 10.1. The van der Waals surface area contributed by atoms with Gasteiger partial charge in [-0.3, -0.25) is 0 Å². The van der Waals surface area contributed by atoms with Gasteiger partial charge in [-0.1, -0.05) is 50.7 Å². The molecule has 0 amide bonds. The maximum Gasteiger partial charge on any atom is 0.244 e. The van der Waals surface area contributed by atoms with Gasteiger partial charge in [0.1, 0.15) is 6.20 Å². The summed E-state index contributed by atoms with van der Waals surface area (Å²) in [5, 5.41) is 0. The first-order chi connectivity index (χ1) is 12.6. The summed E-state index contributed by atoms with van der Waals surface area (Å²) in [6.45, 7) is 10.8. The number of hydrogen-bond acceptors (Lipinski definition) is 1. The van der Waals surface area contributed by atoms with Crippen LogP contribution in [-0.4, -0.2) is 9.55 Å². The van der Waals surface area contributed by atoms with Gasteiger partial charge in [-0.2, -0.15) is 0 Å². The van der Waals surface area contributed by atoms with Gasteiger partial charge in [-0.05, 0) is 54.9 Å². The zero-order valence-corrected chi connectivity index (χ0v) is 16.5. The van der Waals surface area contributed by atoms with Crippen molar-refractivity contribution >= 4 is 23.2 Å². The summed E-state index contributed by atoms with van der Waals surface area (Å²) in [5.41, 5.74) is 5.70. The van der Waals surface area contributed by atoms with E-state index in [0.717, 1.165) is 29.9 Å². The normalized spacial score (nSPS) is 11.8. The smallest absolute Gasteiger partial charge is 0.244 e. The van der Waals surface area contributed by atoms with Crippen molar-refractivity contribution in [3.63, 3.8) is 0 Å². The second kappa shape index (κ2) is 8.35. The largest absolute Gasteiger partial charge is 0.436 e. The Morgan fingerprint density at radius 1 is 1.08 bits per heavy atom. The standard InChI is InChI=1S/C22H30N4/c1-5-7-11-25-15-19(26(16-25)12-8-6-2)9-10-22-23-20-13-17(3)18(4)14-21(20)24-22/h9-10,13-16H,5-8,11-12H2,1-4H3/b10-9+. The molecule has 0 atom stereocenters. The highest BCUT2D eigenvalue weighted by molar-refractivity contribution is 5.79. The number of benzene rings is 1. The summed E-state index contributed by atoms with van der Waals surface area (Å²) in [4.78, 5) is 9.33. The topological polar surface area (TPSA) is 35.8 Å². The van der Waals surface area contributed by atoms with Crippen LogP contribution in [0.4, 0.5) is 0 Å². The Bertz CT molecular complexity index is 859. The van der Waals surface area contributed by atoms with Crippen LogP contribution >= 0.6 is 0 Å². The number of unbranched alkanes of at least 4 members (excludes halogenated alkanes) is 2. The zero-order chi connectivity index (χ0) is 18.5. The van der Waals surface area contributed by atoms with Gasteiger partial charge in [0.25, 0.3) is 0 Å². The Kier molecular flexibility index (Phi) is 5.92. The number of imidazole rings is 2. The molecule has 1 aromatic carbocycles. The van der Waals surface area contributed by atoms with E-state index in [1.807, 2.05) is 6.08 Å². The van der Waals surface area contributed by atoms with E-state index in [1.165, 1.54) is 42.5 Å². The van der Waals surface area contributed by atoms with Crippen LogP contribution in [0.1, 0.15) is 62.2 Å². The van der Waals surface area contributed by atoms with Crippen LogP contribution in [0, 0.1) is 13.8 Å². The highest BCUT2D eigenvalue weighted by Gasteiger charge is 2.10. The van der Waals surface area contributed by atoms with Gasteiger partial charge >= 0.3 is 0 Å². The maximum absolute atomic E-state index is 4.66. The van der Waals surface area contributed by atoms with Crippen LogP contribution < -0.4 is 9.55 Å². The second-order valence-electron chi connectivity index (χ2n) is 7.15. The molecule has 4 nitrogen and oxygen atoms in total. The molecule has 0 unspecified atom stereocenters. The monoisotopic (exact) mass is 350 g/mol. The van der Waals surface area contributed by atoms with Crippen molar-refractivity contribution in [1.82, 2.24) is 14.5 Å². The lowest BCUT2D eigenvalue weighted by Crippen LogP contribution is -2.30. The summed E-state index contributed by atoms with van der Waals surface area (Å²) in [7, 11) is 0. The summed E-state index contributed by atoms with van der Waals surface area (Å²) >= 11 is 0. The maximum atomic E-state index is 4.66. The van der Waals surface area contributed by atoms with Crippen molar-refractivity contribution in [3.05, 3.63) is 47.3 Å². The molecule has 26 heavy (non-hydrogen) atoms. The van der Waals surface area contributed by atoms with Crippen LogP contribution in [0.25, 0.3) is 23.2 Å². The first-order valence-corrected chi connectivity index (χ1v) is 9.79. The van der Waals surface area contributed by atoms with Gasteiger partial charge in [0, 0.05) is 0 Å². The van der Waals surface area contributed by atoms with E-state index in [2.05, 4.69) is 77.5 Å². The quantitative estimate of drug-likeness (QED) is 0.554. The van der Waals surface area contributed by atoms with E-state index in [1.54, 1.807) is 0 Å². The predicted molar refractivity (Wildman–Crippen MR) is 108 cm³/mol. The van der Waals surface area contributed by atoms with Crippen molar-refractivity contribution in [1.29, 1.82) is 0 Å². The van der Waals surface area contributed by atoms with Gasteiger partial charge in [-0.25, -0.2) is 9.13 Å². The molecule has 138 valence electrons. The minimum Gasteiger partial charge on any atom is -0.436 e. The SMILES string of the molecule is CCCCn1c[n+](CCCC)cc1/C=C/c1nc2cc(C)c(C)cc2[n-]1. The van der Waals surface area contributed by atoms with Crippen LogP contribution in [-0.2, 0) is 13.1 Å². The van der Waals surface area contributed by atoms with Crippen molar-refractivity contribution < 1.29 is 4.57 Å². The molecule has 0 saturated heterocycles. The molecule has 0 aliphatic rings. The number of nitrogens with zero attached hydrogens (tertiary/aromatic N) is 4. The Hall–Kier alpha value is -2.36. The minimum atomic E-state index is 0.786. The second-order valence-corrected chi connectivity index (χ2v) is 7.15. The first kappa shape index (κ1) is 18.4. The Morgan fingerprint density at radius 3 is 2.62 bits per heavy atom. The molecule has 0 fully saturated rings. The molecule has 3 rings (SSSR count). The van der Waals surface area contributed by atoms with Crippen molar-refractivity contribution in [2.24, 2.45) is 0 Å². The third-order valence-corrected chi connectivity index (χ3v) is 4.90. The van der Waals surface area contributed by atoms with Crippen molar-refractivity contribution in [3.8, 4) is 0 Å². The molecule has 3 aromatic rings. The summed E-state index contributed by atoms with van der Waals surface area (Å²) in [6, 6.07) is 4.25. The number of rotatable bonds is 8. The van der Waals surface area contributed by atoms with Gasteiger partial charge in [0.05, 0.1) is 13.1 Å². The number of fused-ring (bicyclic) bond motifs is 1. The molecule has 0 N–H and O–H groups in total. The highest BCUT2D eigenvalue weighted by atomic mass is 15.1. The molecule has 0 bridgehead atoms. The molecular weight excluding hydrogens is 320 g/mol. The molecule has 0 aliphatic carbocycles. The molecule has 2 heterocycles. The average molecular weight is 351 g/mol. The van der Waals surface area contributed by atoms with E-state index < -0.39 is 0 Å². The molecule has 0 spiro atoms. The molecule has 2 aromatic heterocycles. The summed E-state index contributed by atoms with van der Waals surface area (Å²) in [6.07, 6.45) is 13.5. The van der Waals surface area contributed by atoms with Crippen molar-refractivity contribution in [2.45, 2.75) is 66.5 Å². The van der Waals surface area contributed by atoms with Crippen LogP contribution in [0.15, 0.2) is 24.7 Å². The molecule has 0 saturated carbocycles. The lowest BCUT2D eigenvalue weighted by Gasteiger charge is -2.01. The van der Waals surface area contributed by atoms with E-state index >= 15 is 0 Å². The average Bonchev–Trinajstić information content (AvgIpc) is 3.20. The fraction of sp³-hybridized carbons (Fsp3) is 0.455. The molecular formula is C22H30N4. The molecule has 0 aliphatic heterocycles. The summed E-state index contributed by atoms with van der Waals surface area (Å²) < 4.78 is 4.64. The predicted octanol–water partition coefficient (Wildman–Crippen LogP) is 4.67. The molecule has 4 heteroatoms. The molecule has 0 radical (unpaired) electrons. The number of aromatic nitrogens is 4. The van der Waals surface area contributed by atoms with Gasteiger partial charge in [0.2, 0.25) is 6.33 Å². The van der Waals surface area contributed by atoms with Gasteiger partial charge in [-0.15, -0.1) is 0 Å². The van der Waals surface area contributed by atoms with Crippen molar-refractivity contribution in [2.75, 3.05) is 0 Å². The van der Waals surface area contributed by atoms with E-state index in [-0.39, 0.29) is 0 Å². The van der Waals surface area contributed by atoms with E-state index in [9.17, 15) is 0 Å². The van der Waals surface area contributed by atoms with Crippen LogP contribution in [0.2, 0.25) is 0 Å². The Morgan fingerprint density at radius 2 is 1.85 bits per heavy atom. The Labute approximate surface area is 156 Å². The zero-order valence-electron chi connectivity index (χ0n) is 16.5. The van der Waals surface area contributed by atoms with Gasteiger partial charge < -0.3 is 9.97 Å². The fourth-order valence-electron chi connectivity index (χ4n) is 3.11. The third-order valence-electron chi connectivity index (χ3n) is 4.90. The van der Waals surface area contributed by atoms with Crippen LogP contribution in [0.3, 0.4) is 0 Å². The number of aryl methyl sites for hydroxylation is 4. The van der Waals surface area contributed by atoms with Crippen LogP contribution in [0.5, 0.6) is 0 Å². The summed E-state index contributed by atoms with van der Waals surface area (Å²) in [5.74, 6) is 0.786. The van der Waals surface area contributed by atoms with E-state index in [0.29, 0.717) is 0 Å². The lowest BCUT2D eigenvalue weighted by molar-refractivity contribution is -0.696.